The molecule has 0 aliphatic heterocycles. The van der Waals surface area contributed by atoms with Crippen LogP contribution in [0.25, 0.3) is 0 Å². The maximum absolute atomic E-state index is 9.04. The minimum absolute atomic E-state index is 0.240. The lowest BCUT2D eigenvalue weighted by atomic mass is 9.76. The van der Waals surface area contributed by atoms with E-state index in [2.05, 4.69) is 32.2 Å². The number of nitrogens with zero attached hydrogens (tertiary/aromatic N) is 1. The van der Waals surface area contributed by atoms with E-state index in [0.717, 1.165) is 12.5 Å². The van der Waals surface area contributed by atoms with E-state index in [0.29, 0.717) is 11.5 Å². The van der Waals surface area contributed by atoms with E-state index in [9.17, 15) is 0 Å². The van der Waals surface area contributed by atoms with Crippen LogP contribution in [-0.2, 0) is 0 Å². The number of nitriles is 1. The molecule has 0 bridgehead atoms. The largest absolute Gasteiger partial charge is 0.312 e. The summed E-state index contributed by atoms with van der Waals surface area (Å²) in [5, 5.41) is 12.6. The summed E-state index contributed by atoms with van der Waals surface area (Å²) < 4.78 is 0. The van der Waals surface area contributed by atoms with Crippen LogP contribution in [0.4, 0.5) is 0 Å². The van der Waals surface area contributed by atoms with Gasteiger partial charge < -0.3 is 5.32 Å². The Kier molecular flexibility index (Phi) is 5.22. The fourth-order valence-electron chi connectivity index (χ4n) is 2.81. The average Bonchev–Trinajstić information content (AvgIpc) is 2.51. The highest BCUT2D eigenvalue weighted by atomic mass is 14.9. The van der Waals surface area contributed by atoms with Crippen molar-refractivity contribution in [3.63, 3.8) is 0 Å². The maximum atomic E-state index is 9.04. The van der Waals surface area contributed by atoms with Crippen molar-refractivity contribution >= 4 is 0 Å². The lowest BCUT2D eigenvalue weighted by molar-refractivity contribution is 0.213. The third-order valence-corrected chi connectivity index (χ3v) is 4.33. The second kappa shape index (κ2) is 6.06. The van der Waals surface area contributed by atoms with Gasteiger partial charge in [0.1, 0.15) is 0 Å². The Hall–Kier alpha value is -0.550. The van der Waals surface area contributed by atoms with Gasteiger partial charge in [-0.2, -0.15) is 5.26 Å². The molecular weight excluding hydrogens is 220 g/mol. The molecule has 0 spiro atoms. The van der Waals surface area contributed by atoms with Gasteiger partial charge in [-0.15, -0.1) is 0 Å². The van der Waals surface area contributed by atoms with Crippen LogP contribution < -0.4 is 5.32 Å². The third kappa shape index (κ3) is 4.98. The fraction of sp³-hybridized carbons (Fsp3) is 0.938. The molecule has 2 nitrogen and oxygen atoms in total. The molecule has 104 valence electrons. The fourth-order valence-corrected chi connectivity index (χ4v) is 2.81. The van der Waals surface area contributed by atoms with Gasteiger partial charge in [0.2, 0.25) is 0 Å². The summed E-state index contributed by atoms with van der Waals surface area (Å²) in [6.45, 7) is 11.9. The Morgan fingerprint density at radius 2 is 1.72 bits per heavy atom. The molecule has 0 radical (unpaired) electrons. The van der Waals surface area contributed by atoms with Crippen LogP contribution in [0, 0.1) is 28.1 Å². The molecule has 1 rings (SSSR count). The van der Waals surface area contributed by atoms with Gasteiger partial charge in [0.05, 0.1) is 11.5 Å². The molecule has 2 heteroatoms. The van der Waals surface area contributed by atoms with E-state index >= 15 is 0 Å². The second-order valence-electron chi connectivity index (χ2n) is 7.64. The first-order chi connectivity index (χ1) is 8.24. The summed E-state index contributed by atoms with van der Waals surface area (Å²) in [6, 6.07) is 2.98. The molecule has 1 fully saturated rings. The van der Waals surface area contributed by atoms with Crippen LogP contribution in [0.5, 0.6) is 0 Å². The Labute approximate surface area is 113 Å². The van der Waals surface area contributed by atoms with Crippen molar-refractivity contribution in [1.82, 2.24) is 5.32 Å². The molecule has 18 heavy (non-hydrogen) atoms. The number of hydrogen-bond donors (Lipinski definition) is 1. The molecule has 1 aliphatic carbocycles. The van der Waals surface area contributed by atoms with E-state index < -0.39 is 0 Å². The molecular formula is C16H30N2. The van der Waals surface area contributed by atoms with Crippen LogP contribution in [0.3, 0.4) is 0 Å². The van der Waals surface area contributed by atoms with Crippen molar-refractivity contribution in [2.75, 3.05) is 6.54 Å². The Bertz CT molecular complexity index is 293. The normalized spacial score (nSPS) is 26.4. The van der Waals surface area contributed by atoms with Crippen molar-refractivity contribution in [3.05, 3.63) is 0 Å². The zero-order chi connectivity index (χ0) is 13.8. The minimum Gasteiger partial charge on any atom is -0.312 e. The Balaban J connectivity index is 2.41. The summed E-state index contributed by atoms with van der Waals surface area (Å²) in [6.07, 6.45) is 6.56. The number of nitrogens with one attached hydrogen (secondary N) is 1. The smallest absolute Gasteiger partial charge is 0.0697 e. The number of rotatable bonds is 3. The van der Waals surface area contributed by atoms with Gasteiger partial charge in [-0.05, 0) is 50.9 Å². The second-order valence-corrected chi connectivity index (χ2v) is 7.64. The van der Waals surface area contributed by atoms with Crippen LogP contribution >= 0.6 is 0 Å². The predicted molar refractivity (Wildman–Crippen MR) is 77.2 cm³/mol. The van der Waals surface area contributed by atoms with Gasteiger partial charge in [-0.25, -0.2) is 0 Å². The van der Waals surface area contributed by atoms with Gasteiger partial charge in [-0.3, -0.25) is 0 Å². The molecule has 0 aromatic carbocycles. The Morgan fingerprint density at radius 1 is 1.06 bits per heavy atom. The molecule has 0 amide bonds. The van der Waals surface area contributed by atoms with Crippen molar-refractivity contribution in [3.8, 4) is 6.07 Å². The van der Waals surface area contributed by atoms with E-state index in [1.165, 1.54) is 32.1 Å². The quantitative estimate of drug-likeness (QED) is 0.765. The summed E-state index contributed by atoms with van der Waals surface area (Å²) in [5.41, 5.74) is 0.205. The van der Waals surface area contributed by atoms with Crippen molar-refractivity contribution < 1.29 is 0 Å². The van der Waals surface area contributed by atoms with Crippen molar-refractivity contribution in [2.45, 2.75) is 72.8 Å². The first-order valence-corrected chi connectivity index (χ1v) is 7.39. The van der Waals surface area contributed by atoms with Crippen molar-refractivity contribution in [1.29, 1.82) is 5.26 Å². The molecule has 0 saturated heterocycles. The molecule has 2 atom stereocenters. The zero-order valence-corrected chi connectivity index (χ0v) is 12.8. The van der Waals surface area contributed by atoms with E-state index in [4.69, 9.17) is 5.26 Å². The highest BCUT2D eigenvalue weighted by Gasteiger charge is 2.28. The predicted octanol–water partition coefficient (Wildman–Crippen LogP) is 4.12. The van der Waals surface area contributed by atoms with Crippen LogP contribution in [0.1, 0.15) is 66.7 Å². The van der Waals surface area contributed by atoms with E-state index in [1.54, 1.807) is 0 Å². The van der Waals surface area contributed by atoms with Crippen LogP contribution in [0.2, 0.25) is 0 Å². The summed E-state index contributed by atoms with van der Waals surface area (Å²) in [4.78, 5) is 0. The molecule has 1 saturated carbocycles. The first-order valence-electron chi connectivity index (χ1n) is 7.39. The van der Waals surface area contributed by atoms with Gasteiger partial charge in [0.15, 0.2) is 0 Å². The average molecular weight is 250 g/mol. The monoisotopic (exact) mass is 250 g/mol. The third-order valence-electron chi connectivity index (χ3n) is 4.33. The van der Waals surface area contributed by atoms with E-state index in [-0.39, 0.29) is 5.41 Å². The molecule has 0 aromatic heterocycles. The lowest BCUT2D eigenvalue weighted by Crippen LogP contribution is -2.36. The molecule has 1 aliphatic rings. The van der Waals surface area contributed by atoms with Crippen molar-refractivity contribution in [2.24, 2.45) is 16.7 Å². The lowest BCUT2D eigenvalue weighted by Gasteiger charge is -2.30. The summed E-state index contributed by atoms with van der Waals surface area (Å²) >= 11 is 0. The Morgan fingerprint density at radius 3 is 2.28 bits per heavy atom. The molecule has 0 aromatic rings. The summed E-state index contributed by atoms with van der Waals surface area (Å²) in [7, 11) is 0. The first kappa shape index (κ1) is 15.5. The standard InChI is InChI=1S/C16H30N2/c1-15(2,3)13-7-6-8-14(10-9-13)18-12-16(4,5)11-17/h13-14,18H,6-10,12H2,1-5H3. The topological polar surface area (TPSA) is 35.8 Å². The van der Waals surface area contributed by atoms with Gasteiger partial charge in [0.25, 0.3) is 0 Å². The van der Waals surface area contributed by atoms with Gasteiger partial charge >= 0.3 is 0 Å². The van der Waals surface area contributed by atoms with Gasteiger partial charge in [0, 0.05) is 12.6 Å². The van der Waals surface area contributed by atoms with Crippen LogP contribution in [-0.4, -0.2) is 12.6 Å². The molecule has 2 unspecified atom stereocenters. The van der Waals surface area contributed by atoms with Crippen LogP contribution in [0.15, 0.2) is 0 Å². The maximum Gasteiger partial charge on any atom is 0.0697 e. The zero-order valence-electron chi connectivity index (χ0n) is 12.8. The minimum atomic E-state index is -0.240. The summed E-state index contributed by atoms with van der Waals surface area (Å²) in [5.74, 6) is 0.855. The molecule has 0 heterocycles. The van der Waals surface area contributed by atoms with E-state index in [1.807, 2.05) is 13.8 Å². The SMILES string of the molecule is CC(C)(C#N)CNC1CCCC(C(C)(C)C)CC1. The molecule has 1 N–H and O–H groups in total. The van der Waals surface area contributed by atoms with Gasteiger partial charge in [-0.1, -0.05) is 27.2 Å². The highest BCUT2D eigenvalue weighted by molar-refractivity contribution is 4.94. The highest BCUT2D eigenvalue weighted by Crippen LogP contribution is 2.36. The number of hydrogen-bond acceptors (Lipinski definition) is 2.